The minimum absolute atomic E-state index is 0.0604. The minimum Gasteiger partial charge on any atom is -0.396 e. The Bertz CT molecular complexity index is 442. The molecule has 2 atom stereocenters. The molecule has 1 aliphatic carbocycles. The summed E-state index contributed by atoms with van der Waals surface area (Å²) in [5, 5.41) is 16.3. The van der Waals surface area contributed by atoms with Crippen molar-refractivity contribution in [3.8, 4) is 0 Å². The first kappa shape index (κ1) is 14.1. The third kappa shape index (κ3) is 2.97. The van der Waals surface area contributed by atoms with Crippen molar-refractivity contribution < 1.29 is 14.4 Å². The third-order valence-corrected chi connectivity index (χ3v) is 3.96. The smallest absolute Gasteiger partial charge is 0.257 e. The van der Waals surface area contributed by atoms with Gasteiger partial charge >= 0.3 is 0 Å². The van der Waals surface area contributed by atoms with E-state index in [-0.39, 0.29) is 24.5 Å². The zero-order valence-electron chi connectivity index (χ0n) is 11.6. The normalized spacial score (nSPS) is 23.3. The Morgan fingerprint density at radius 2 is 2.21 bits per heavy atom. The molecule has 0 saturated heterocycles. The van der Waals surface area contributed by atoms with E-state index in [1.165, 1.54) is 0 Å². The molecule has 0 aliphatic heterocycles. The number of carbonyl (C=O) groups is 1. The highest BCUT2D eigenvalue weighted by Gasteiger charge is 2.28. The number of hydrogen-bond donors (Lipinski definition) is 2. The van der Waals surface area contributed by atoms with Gasteiger partial charge in [-0.1, -0.05) is 24.9 Å². The molecular formula is C14H22N2O3. The molecule has 0 aromatic carbocycles. The lowest BCUT2D eigenvalue weighted by atomic mass is 9.85. The van der Waals surface area contributed by atoms with Crippen LogP contribution in [-0.2, 0) is 6.42 Å². The molecule has 0 radical (unpaired) electrons. The third-order valence-electron chi connectivity index (χ3n) is 3.96. The molecule has 1 fully saturated rings. The maximum absolute atomic E-state index is 12.3. The van der Waals surface area contributed by atoms with E-state index in [1.807, 2.05) is 6.92 Å². The van der Waals surface area contributed by atoms with Crippen molar-refractivity contribution in [2.24, 2.45) is 5.92 Å². The fourth-order valence-corrected chi connectivity index (χ4v) is 2.81. The van der Waals surface area contributed by atoms with Gasteiger partial charge in [0.25, 0.3) is 5.91 Å². The van der Waals surface area contributed by atoms with Gasteiger partial charge < -0.3 is 14.9 Å². The van der Waals surface area contributed by atoms with E-state index in [0.717, 1.165) is 25.7 Å². The van der Waals surface area contributed by atoms with Crippen molar-refractivity contribution in [2.75, 3.05) is 6.61 Å². The van der Waals surface area contributed by atoms with Crippen molar-refractivity contribution in [2.45, 2.75) is 52.0 Å². The van der Waals surface area contributed by atoms with E-state index < -0.39 is 0 Å². The molecule has 106 valence electrons. The van der Waals surface area contributed by atoms with Crippen LogP contribution < -0.4 is 5.32 Å². The molecule has 0 spiro atoms. The highest BCUT2D eigenvalue weighted by atomic mass is 16.5. The van der Waals surface area contributed by atoms with Crippen LogP contribution in [-0.4, -0.2) is 28.8 Å². The van der Waals surface area contributed by atoms with Crippen molar-refractivity contribution >= 4 is 5.91 Å². The molecule has 1 aromatic rings. The number of aryl methyl sites for hydroxylation is 2. The zero-order chi connectivity index (χ0) is 13.8. The number of rotatable bonds is 4. The standard InChI is InChI=1S/C14H22N2O3/c1-3-11-13(9(2)19-16-11)14(18)15-12-7-5-4-6-10(12)8-17/h10,12,17H,3-8H2,1-2H3,(H,15,18). The Morgan fingerprint density at radius 1 is 1.47 bits per heavy atom. The van der Waals surface area contributed by atoms with Gasteiger partial charge in [0.15, 0.2) is 0 Å². The van der Waals surface area contributed by atoms with Crippen molar-refractivity contribution in [1.29, 1.82) is 0 Å². The maximum Gasteiger partial charge on any atom is 0.257 e. The van der Waals surface area contributed by atoms with Gasteiger partial charge in [0.05, 0.1) is 5.69 Å². The molecule has 0 bridgehead atoms. The van der Waals surface area contributed by atoms with E-state index in [1.54, 1.807) is 6.92 Å². The van der Waals surface area contributed by atoms with Crippen LogP contribution in [0.2, 0.25) is 0 Å². The van der Waals surface area contributed by atoms with E-state index >= 15 is 0 Å². The molecule has 19 heavy (non-hydrogen) atoms. The van der Waals surface area contributed by atoms with Crippen LogP contribution in [0.5, 0.6) is 0 Å². The summed E-state index contributed by atoms with van der Waals surface area (Å²) in [5.41, 5.74) is 1.26. The topological polar surface area (TPSA) is 75.4 Å². The summed E-state index contributed by atoms with van der Waals surface area (Å²) in [4.78, 5) is 12.3. The first-order valence-corrected chi connectivity index (χ1v) is 7.04. The lowest BCUT2D eigenvalue weighted by Gasteiger charge is -2.30. The van der Waals surface area contributed by atoms with Gasteiger partial charge in [0.2, 0.25) is 0 Å². The van der Waals surface area contributed by atoms with Gasteiger partial charge in [-0.2, -0.15) is 0 Å². The molecule has 1 amide bonds. The van der Waals surface area contributed by atoms with Crippen LogP contribution in [0.4, 0.5) is 0 Å². The second kappa shape index (κ2) is 6.19. The lowest BCUT2D eigenvalue weighted by Crippen LogP contribution is -2.43. The Balaban J connectivity index is 2.09. The molecule has 2 rings (SSSR count). The maximum atomic E-state index is 12.3. The number of nitrogens with zero attached hydrogens (tertiary/aromatic N) is 1. The number of nitrogens with one attached hydrogen (secondary N) is 1. The van der Waals surface area contributed by atoms with Crippen LogP contribution in [0.3, 0.4) is 0 Å². The molecule has 1 saturated carbocycles. The van der Waals surface area contributed by atoms with E-state index in [4.69, 9.17) is 4.52 Å². The number of aliphatic hydroxyl groups excluding tert-OH is 1. The number of carbonyl (C=O) groups excluding carboxylic acids is 1. The highest BCUT2D eigenvalue weighted by Crippen LogP contribution is 2.25. The average Bonchev–Trinajstić information content (AvgIpc) is 2.80. The predicted octanol–water partition coefficient (Wildman–Crippen LogP) is 1.83. The minimum atomic E-state index is -0.124. The Kier molecular flexibility index (Phi) is 4.58. The van der Waals surface area contributed by atoms with Crippen LogP contribution in [0, 0.1) is 12.8 Å². The van der Waals surface area contributed by atoms with E-state index in [2.05, 4.69) is 10.5 Å². The summed E-state index contributed by atoms with van der Waals surface area (Å²) < 4.78 is 5.09. The van der Waals surface area contributed by atoms with Gasteiger partial charge in [-0.25, -0.2) is 0 Å². The zero-order valence-corrected chi connectivity index (χ0v) is 11.6. The molecule has 2 N–H and O–H groups in total. The van der Waals surface area contributed by atoms with Gasteiger partial charge in [-0.05, 0) is 26.2 Å². The number of aliphatic hydroxyl groups is 1. The summed E-state index contributed by atoms with van der Waals surface area (Å²) in [7, 11) is 0. The Labute approximate surface area is 113 Å². The van der Waals surface area contributed by atoms with Crippen molar-refractivity contribution in [1.82, 2.24) is 10.5 Å². The van der Waals surface area contributed by atoms with Crippen molar-refractivity contribution in [3.63, 3.8) is 0 Å². The summed E-state index contributed by atoms with van der Waals surface area (Å²) >= 11 is 0. The van der Waals surface area contributed by atoms with Gasteiger partial charge in [0.1, 0.15) is 11.3 Å². The molecule has 1 heterocycles. The largest absolute Gasteiger partial charge is 0.396 e. The second-order valence-electron chi connectivity index (χ2n) is 5.22. The summed E-state index contributed by atoms with van der Waals surface area (Å²) in [6.07, 6.45) is 4.82. The predicted molar refractivity (Wildman–Crippen MR) is 70.9 cm³/mol. The molecule has 5 nitrogen and oxygen atoms in total. The second-order valence-corrected chi connectivity index (χ2v) is 5.22. The van der Waals surface area contributed by atoms with E-state index in [9.17, 15) is 9.90 Å². The monoisotopic (exact) mass is 266 g/mol. The number of amides is 1. The van der Waals surface area contributed by atoms with Crippen LogP contribution >= 0.6 is 0 Å². The van der Waals surface area contributed by atoms with Crippen LogP contribution in [0.15, 0.2) is 4.52 Å². The summed E-state index contributed by atoms with van der Waals surface area (Å²) in [6.45, 7) is 3.84. The van der Waals surface area contributed by atoms with Crippen LogP contribution in [0.1, 0.15) is 54.4 Å². The first-order chi connectivity index (χ1) is 9.17. The molecule has 5 heteroatoms. The molecule has 1 aliphatic rings. The summed E-state index contributed by atoms with van der Waals surface area (Å²) in [5.74, 6) is 0.606. The SMILES string of the molecule is CCc1noc(C)c1C(=O)NC1CCCCC1CO. The molecule has 1 aromatic heterocycles. The Morgan fingerprint density at radius 3 is 2.89 bits per heavy atom. The Hall–Kier alpha value is -1.36. The quantitative estimate of drug-likeness (QED) is 0.871. The van der Waals surface area contributed by atoms with Gasteiger partial charge in [0, 0.05) is 18.6 Å². The molecule has 2 unspecified atom stereocenters. The average molecular weight is 266 g/mol. The highest BCUT2D eigenvalue weighted by molar-refractivity contribution is 5.96. The van der Waals surface area contributed by atoms with Gasteiger partial charge in [-0.3, -0.25) is 4.79 Å². The lowest BCUT2D eigenvalue weighted by molar-refractivity contribution is 0.0870. The van der Waals surface area contributed by atoms with Crippen LogP contribution in [0.25, 0.3) is 0 Å². The first-order valence-electron chi connectivity index (χ1n) is 7.04. The summed E-state index contributed by atoms with van der Waals surface area (Å²) in [6, 6.07) is 0.0604. The number of aromatic nitrogens is 1. The van der Waals surface area contributed by atoms with Crippen molar-refractivity contribution in [3.05, 3.63) is 17.0 Å². The van der Waals surface area contributed by atoms with E-state index in [0.29, 0.717) is 23.4 Å². The number of hydrogen-bond acceptors (Lipinski definition) is 4. The van der Waals surface area contributed by atoms with Gasteiger partial charge in [-0.15, -0.1) is 0 Å². The fourth-order valence-electron chi connectivity index (χ4n) is 2.81. The fraction of sp³-hybridized carbons (Fsp3) is 0.714. The molecular weight excluding hydrogens is 244 g/mol.